The van der Waals surface area contributed by atoms with Gasteiger partial charge in [-0.15, -0.1) is 0 Å². The molecule has 2 N–H and O–H groups in total. The van der Waals surface area contributed by atoms with Gasteiger partial charge in [-0.3, -0.25) is 4.79 Å². The first-order chi connectivity index (χ1) is 8.58. The van der Waals surface area contributed by atoms with Crippen LogP contribution < -0.4 is 5.73 Å². The first kappa shape index (κ1) is 17.4. The minimum Gasteiger partial charge on any atom is -0.385 e. The average molecular weight is 260 g/mol. The molecule has 0 spiro atoms. The predicted molar refractivity (Wildman–Crippen MR) is 72.3 cm³/mol. The van der Waals surface area contributed by atoms with Crippen molar-refractivity contribution in [1.82, 2.24) is 4.90 Å². The van der Waals surface area contributed by atoms with E-state index in [4.69, 9.17) is 15.2 Å². The van der Waals surface area contributed by atoms with Crippen molar-refractivity contribution in [3.05, 3.63) is 0 Å². The molecule has 0 saturated carbocycles. The zero-order valence-corrected chi connectivity index (χ0v) is 12.1. The Labute approximate surface area is 111 Å². The zero-order chi connectivity index (χ0) is 14.0. The Balaban J connectivity index is 4.45. The Kier molecular flexibility index (Phi) is 9.92. The van der Waals surface area contributed by atoms with Crippen LogP contribution in [0.1, 0.15) is 20.3 Å². The van der Waals surface area contributed by atoms with Gasteiger partial charge >= 0.3 is 0 Å². The highest BCUT2D eigenvalue weighted by molar-refractivity contribution is 5.79. The van der Waals surface area contributed by atoms with Crippen molar-refractivity contribution >= 4 is 5.91 Å². The lowest BCUT2D eigenvalue weighted by molar-refractivity contribution is -0.137. The molecule has 5 nitrogen and oxygen atoms in total. The van der Waals surface area contributed by atoms with Gasteiger partial charge in [-0.2, -0.15) is 0 Å². The number of methoxy groups -OCH3 is 2. The van der Waals surface area contributed by atoms with Gasteiger partial charge in [0.15, 0.2) is 0 Å². The average Bonchev–Trinajstić information content (AvgIpc) is 2.33. The van der Waals surface area contributed by atoms with E-state index in [2.05, 4.69) is 0 Å². The van der Waals surface area contributed by atoms with Gasteiger partial charge in [-0.25, -0.2) is 0 Å². The topological polar surface area (TPSA) is 64.8 Å². The number of amides is 1. The second-order valence-electron chi connectivity index (χ2n) is 4.75. The number of hydrogen-bond acceptors (Lipinski definition) is 4. The number of rotatable bonds is 10. The molecule has 0 fully saturated rings. The fraction of sp³-hybridized carbons (Fsp3) is 0.923. The van der Waals surface area contributed by atoms with Crippen molar-refractivity contribution in [2.45, 2.75) is 20.3 Å². The van der Waals surface area contributed by atoms with Crippen molar-refractivity contribution in [3.63, 3.8) is 0 Å². The number of carbonyl (C=O) groups excluding carboxylic acids is 1. The largest absolute Gasteiger partial charge is 0.385 e. The lowest BCUT2D eigenvalue weighted by Gasteiger charge is -2.28. The predicted octanol–water partition coefficient (Wildman–Crippen LogP) is 0.729. The van der Waals surface area contributed by atoms with Crippen molar-refractivity contribution in [1.29, 1.82) is 0 Å². The van der Waals surface area contributed by atoms with E-state index in [0.29, 0.717) is 32.8 Å². The van der Waals surface area contributed by atoms with E-state index in [1.165, 1.54) is 0 Å². The summed E-state index contributed by atoms with van der Waals surface area (Å²) in [6, 6.07) is 0. The molecule has 18 heavy (non-hydrogen) atoms. The molecule has 0 heterocycles. The molecule has 108 valence electrons. The standard InChI is InChI=1S/C13H28N2O3/c1-11(2)12(10-14)13(16)15(7-9-18-4)6-5-8-17-3/h11-12H,5-10,14H2,1-4H3. The molecule has 0 aliphatic rings. The van der Waals surface area contributed by atoms with Gasteiger partial charge in [0, 0.05) is 40.5 Å². The Bertz CT molecular complexity index is 222. The highest BCUT2D eigenvalue weighted by Crippen LogP contribution is 2.13. The van der Waals surface area contributed by atoms with Crippen LogP contribution in [0.4, 0.5) is 0 Å². The van der Waals surface area contributed by atoms with Crippen LogP contribution in [0, 0.1) is 11.8 Å². The second kappa shape index (κ2) is 10.3. The molecule has 1 atom stereocenters. The van der Waals surface area contributed by atoms with Gasteiger partial charge in [0.25, 0.3) is 0 Å². The summed E-state index contributed by atoms with van der Waals surface area (Å²) in [5.74, 6) is 0.278. The van der Waals surface area contributed by atoms with E-state index in [-0.39, 0.29) is 17.7 Å². The van der Waals surface area contributed by atoms with Gasteiger partial charge in [-0.1, -0.05) is 13.8 Å². The molecule has 1 unspecified atom stereocenters. The monoisotopic (exact) mass is 260 g/mol. The number of nitrogens with zero attached hydrogens (tertiary/aromatic N) is 1. The van der Waals surface area contributed by atoms with Crippen LogP contribution in [0.15, 0.2) is 0 Å². The summed E-state index contributed by atoms with van der Waals surface area (Å²) in [6.07, 6.45) is 0.835. The third-order valence-corrected chi connectivity index (χ3v) is 3.03. The van der Waals surface area contributed by atoms with Crippen LogP contribution in [0.2, 0.25) is 0 Å². The fourth-order valence-electron chi connectivity index (χ4n) is 1.83. The van der Waals surface area contributed by atoms with Crippen LogP contribution in [0.3, 0.4) is 0 Å². The summed E-state index contributed by atoms with van der Waals surface area (Å²) in [5, 5.41) is 0. The van der Waals surface area contributed by atoms with Gasteiger partial charge in [0.05, 0.1) is 12.5 Å². The van der Waals surface area contributed by atoms with Crippen LogP contribution >= 0.6 is 0 Å². The van der Waals surface area contributed by atoms with E-state index in [1.807, 2.05) is 18.7 Å². The highest BCUT2D eigenvalue weighted by atomic mass is 16.5. The number of ether oxygens (including phenoxy) is 2. The first-order valence-corrected chi connectivity index (χ1v) is 6.55. The van der Waals surface area contributed by atoms with E-state index >= 15 is 0 Å². The number of hydrogen-bond donors (Lipinski definition) is 1. The quantitative estimate of drug-likeness (QED) is 0.588. The Morgan fingerprint density at radius 1 is 1.17 bits per heavy atom. The van der Waals surface area contributed by atoms with E-state index in [9.17, 15) is 4.79 Å². The zero-order valence-electron chi connectivity index (χ0n) is 12.1. The van der Waals surface area contributed by atoms with Gasteiger partial charge in [-0.05, 0) is 12.3 Å². The minimum atomic E-state index is -0.107. The number of nitrogens with two attached hydrogens (primary N) is 1. The van der Waals surface area contributed by atoms with Gasteiger partial charge in [0.2, 0.25) is 5.91 Å². The second-order valence-corrected chi connectivity index (χ2v) is 4.75. The molecule has 0 aliphatic carbocycles. The van der Waals surface area contributed by atoms with Crippen molar-refractivity contribution in [2.75, 3.05) is 47.1 Å². The highest BCUT2D eigenvalue weighted by Gasteiger charge is 2.25. The molecule has 0 aromatic heterocycles. The third kappa shape index (κ3) is 6.33. The molecule has 0 radical (unpaired) electrons. The molecular formula is C13H28N2O3. The van der Waals surface area contributed by atoms with Crippen LogP contribution in [0.5, 0.6) is 0 Å². The molecule has 0 aromatic rings. The van der Waals surface area contributed by atoms with Crippen molar-refractivity contribution in [2.24, 2.45) is 17.6 Å². The maximum Gasteiger partial charge on any atom is 0.227 e. The number of carbonyl (C=O) groups is 1. The molecule has 0 aliphatic heterocycles. The van der Waals surface area contributed by atoms with Crippen molar-refractivity contribution in [3.8, 4) is 0 Å². The molecule has 0 rings (SSSR count). The van der Waals surface area contributed by atoms with Crippen LogP contribution in [0.25, 0.3) is 0 Å². The molecule has 0 aromatic carbocycles. The smallest absolute Gasteiger partial charge is 0.227 e. The van der Waals surface area contributed by atoms with Crippen LogP contribution in [-0.4, -0.2) is 57.9 Å². The Morgan fingerprint density at radius 2 is 1.78 bits per heavy atom. The first-order valence-electron chi connectivity index (χ1n) is 6.55. The molecule has 1 amide bonds. The van der Waals surface area contributed by atoms with E-state index < -0.39 is 0 Å². The molecular weight excluding hydrogens is 232 g/mol. The van der Waals surface area contributed by atoms with Gasteiger partial charge in [0.1, 0.15) is 0 Å². The summed E-state index contributed by atoms with van der Waals surface area (Å²) < 4.78 is 10.1. The minimum absolute atomic E-state index is 0.107. The third-order valence-electron chi connectivity index (χ3n) is 3.03. The molecule has 0 saturated heterocycles. The van der Waals surface area contributed by atoms with Crippen LogP contribution in [-0.2, 0) is 14.3 Å². The summed E-state index contributed by atoms with van der Waals surface area (Å²) in [5.41, 5.74) is 5.69. The molecule has 5 heteroatoms. The summed E-state index contributed by atoms with van der Waals surface area (Å²) in [7, 11) is 3.30. The SMILES string of the molecule is COCCCN(CCOC)C(=O)C(CN)C(C)C. The Morgan fingerprint density at radius 3 is 2.22 bits per heavy atom. The van der Waals surface area contributed by atoms with E-state index in [1.54, 1.807) is 14.2 Å². The maximum absolute atomic E-state index is 12.4. The van der Waals surface area contributed by atoms with Crippen molar-refractivity contribution < 1.29 is 14.3 Å². The summed E-state index contributed by atoms with van der Waals surface area (Å²) in [6.45, 7) is 6.96. The Hall–Kier alpha value is -0.650. The van der Waals surface area contributed by atoms with E-state index in [0.717, 1.165) is 6.42 Å². The normalized spacial score (nSPS) is 12.8. The summed E-state index contributed by atoms with van der Waals surface area (Å²) in [4.78, 5) is 14.2. The molecule has 0 bridgehead atoms. The summed E-state index contributed by atoms with van der Waals surface area (Å²) >= 11 is 0. The maximum atomic E-state index is 12.4. The lowest BCUT2D eigenvalue weighted by Crippen LogP contribution is -2.43. The van der Waals surface area contributed by atoms with Gasteiger partial charge < -0.3 is 20.1 Å². The fourth-order valence-corrected chi connectivity index (χ4v) is 1.83. The lowest BCUT2D eigenvalue weighted by atomic mass is 9.94.